The van der Waals surface area contributed by atoms with Gasteiger partial charge in [0.1, 0.15) is 11.2 Å². The number of carboxylic acid groups (broad SMARTS) is 2. The van der Waals surface area contributed by atoms with Crippen molar-refractivity contribution < 1.29 is 38.9 Å². The van der Waals surface area contributed by atoms with Crippen LogP contribution in [-0.2, 0) is 28.7 Å². The number of rotatable bonds is 8. The van der Waals surface area contributed by atoms with Crippen molar-refractivity contribution in [3.05, 3.63) is 0 Å². The lowest BCUT2D eigenvalue weighted by Crippen LogP contribution is -2.61. The van der Waals surface area contributed by atoms with Crippen LogP contribution in [0.15, 0.2) is 0 Å². The smallest absolute Gasteiger partial charge is 0.335 e. The van der Waals surface area contributed by atoms with E-state index in [-0.39, 0.29) is 6.42 Å². The van der Waals surface area contributed by atoms with E-state index >= 15 is 0 Å². The number of carbonyl (C=O) groups is 4. The zero-order valence-corrected chi connectivity index (χ0v) is 16.6. The quantitative estimate of drug-likeness (QED) is 0.260. The highest BCUT2D eigenvalue weighted by Crippen LogP contribution is 2.34. The van der Waals surface area contributed by atoms with Crippen molar-refractivity contribution in [2.45, 2.75) is 77.7 Å². The fourth-order valence-electron chi connectivity index (χ4n) is 2.13. The molecule has 0 amide bonds. The number of carboxylic acids is 2. The first-order chi connectivity index (χ1) is 11.8. The van der Waals surface area contributed by atoms with E-state index in [1.807, 2.05) is 0 Å². The molecule has 0 aromatic heterocycles. The summed E-state index contributed by atoms with van der Waals surface area (Å²) in [5, 5.41) is 18.6. The third kappa shape index (κ3) is 7.92. The van der Waals surface area contributed by atoms with Crippen LogP contribution in [0.25, 0.3) is 0 Å². The van der Waals surface area contributed by atoms with Crippen molar-refractivity contribution in [1.29, 1.82) is 0 Å². The van der Waals surface area contributed by atoms with Crippen LogP contribution in [-0.4, -0.2) is 51.0 Å². The highest BCUT2D eigenvalue weighted by atomic mass is 16.6. The third-order valence-corrected chi connectivity index (χ3v) is 3.26. The largest absolute Gasteiger partial charge is 0.481 e. The highest BCUT2D eigenvalue weighted by molar-refractivity contribution is 6.17. The summed E-state index contributed by atoms with van der Waals surface area (Å²) >= 11 is 0. The molecule has 10 heteroatoms. The summed E-state index contributed by atoms with van der Waals surface area (Å²) in [5.74, 6) is -5.83. The second-order valence-electron chi connectivity index (χ2n) is 8.52. The van der Waals surface area contributed by atoms with Gasteiger partial charge in [-0.1, -0.05) is 0 Å². The van der Waals surface area contributed by atoms with Crippen molar-refractivity contribution in [3.63, 3.8) is 0 Å². The van der Waals surface area contributed by atoms with Gasteiger partial charge in [0, 0.05) is 12.8 Å². The van der Waals surface area contributed by atoms with Crippen molar-refractivity contribution in [2.24, 2.45) is 16.9 Å². The van der Waals surface area contributed by atoms with Gasteiger partial charge in [-0.2, -0.15) is 0 Å². The molecule has 0 fully saturated rings. The molecule has 0 unspecified atom stereocenters. The van der Waals surface area contributed by atoms with E-state index in [2.05, 4.69) is 0 Å². The molecule has 0 aliphatic rings. The molecule has 156 valence electrons. The van der Waals surface area contributed by atoms with E-state index in [0.29, 0.717) is 0 Å². The number of nitrogens with two attached hydrogens (primary N) is 2. The van der Waals surface area contributed by atoms with E-state index in [1.165, 1.54) is 41.5 Å². The third-order valence-electron chi connectivity index (χ3n) is 3.26. The van der Waals surface area contributed by atoms with E-state index in [1.54, 1.807) is 0 Å². The average Bonchev–Trinajstić information content (AvgIpc) is 2.38. The van der Waals surface area contributed by atoms with Gasteiger partial charge < -0.3 is 31.2 Å². The van der Waals surface area contributed by atoms with E-state index < -0.39 is 59.0 Å². The number of hydrogen-bond donors (Lipinski definition) is 4. The van der Waals surface area contributed by atoms with Crippen molar-refractivity contribution in [2.75, 3.05) is 0 Å². The average molecular weight is 390 g/mol. The molecular weight excluding hydrogens is 360 g/mol. The molecule has 0 rings (SSSR count). The standard InChI is InChI=1S/C17H30N2O8/c1-14(2,3)26-12(24)17(11(22)23,13(25)27-15(4,5)6)9-16(18,19)8-7-10(20)21/h7-9,18-19H2,1-6H3,(H,20,21)(H,22,23). The van der Waals surface area contributed by atoms with E-state index in [0.717, 1.165) is 0 Å². The Bertz CT molecular complexity index is 571. The van der Waals surface area contributed by atoms with Crippen LogP contribution in [0.2, 0.25) is 0 Å². The van der Waals surface area contributed by atoms with Gasteiger partial charge in [-0.15, -0.1) is 0 Å². The van der Waals surface area contributed by atoms with Gasteiger partial charge in [-0.05, 0) is 48.0 Å². The number of esters is 2. The fraction of sp³-hybridized carbons (Fsp3) is 0.765. The molecule has 0 bridgehead atoms. The zero-order chi connectivity index (χ0) is 21.8. The predicted octanol–water partition coefficient (Wildman–Crippen LogP) is 0.609. The van der Waals surface area contributed by atoms with Crippen LogP contribution in [0.5, 0.6) is 0 Å². The van der Waals surface area contributed by atoms with Crippen molar-refractivity contribution in [3.8, 4) is 0 Å². The maximum atomic E-state index is 12.7. The first-order valence-corrected chi connectivity index (χ1v) is 8.32. The van der Waals surface area contributed by atoms with Gasteiger partial charge >= 0.3 is 23.9 Å². The Morgan fingerprint density at radius 1 is 0.815 bits per heavy atom. The first-order valence-electron chi connectivity index (χ1n) is 8.32. The summed E-state index contributed by atoms with van der Waals surface area (Å²) in [6.07, 6.45) is -1.75. The molecule has 0 aliphatic carbocycles. The Labute approximate surface area is 158 Å². The minimum atomic E-state index is -2.84. The van der Waals surface area contributed by atoms with Crippen LogP contribution >= 0.6 is 0 Å². The van der Waals surface area contributed by atoms with Gasteiger partial charge in [0.2, 0.25) is 0 Å². The molecule has 6 N–H and O–H groups in total. The van der Waals surface area contributed by atoms with Gasteiger partial charge in [0.05, 0.1) is 5.66 Å². The Kier molecular flexibility index (Phi) is 7.55. The summed E-state index contributed by atoms with van der Waals surface area (Å²) < 4.78 is 10.2. The summed E-state index contributed by atoms with van der Waals surface area (Å²) in [5.41, 5.74) is 4.65. The molecule has 0 aromatic rings. The Morgan fingerprint density at radius 2 is 1.19 bits per heavy atom. The highest BCUT2D eigenvalue weighted by Gasteiger charge is 2.60. The van der Waals surface area contributed by atoms with Gasteiger partial charge in [0.15, 0.2) is 0 Å². The van der Waals surface area contributed by atoms with Crippen LogP contribution in [0.3, 0.4) is 0 Å². The van der Waals surface area contributed by atoms with E-state index in [9.17, 15) is 24.3 Å². The molecule has 0 spiro atoms. The number of aliphatic carboxylic acids is 2. The Morgan fingerprint density at radius 3 is 1.44 bits per heavy atom. The topological polar surface area (TPSA) is 179 Å². The monoisotopic (exact) mass is 390 g/mol. The molecule has 27 heavy (non-hydrogen) atoms. The van der Waals surface area contributed by atoms with Gasteiger partial charge in [0.25, 0.3) is 5.41 Å². The lowest BCUT2D eigenvalue weighted by molar-refractivity contribution is -0.193. The van der Waals surface area contributed by atoms with Crippen LogP contribution < -0.4 is 11.5 Å². The second-order valence-corrected chi connectivity index (χ2v) is 8.52. The van der Waals surface area contributed by atoms with Crippen LogP contribution in [0.1, 0.15) is 60.8 Å². The number of ether oxygens (including phenoxy) is 2. The second kappa shape index (κ2) is 8.22. The SMILES string of the molecule is CC(C)(C)OC(=O)C(CC(N)(N)CCC(=O)O)(C(=O)O)C(=O)OC(C)(C)C. The minimum Gasteiger partial charge on any atom is -0.481 e. The molecule has 0 aliphatic heterocycles. The molecule has 10 nitrogen and oxygen atoms in total. The maximum Gasteiger partial charge on any atom is 0.335 e. The zero-order valence-electron chi connectivity index (χ0n) is 16.6. The first kappa shape index (κ1) is 24.8. The number of hydrogen-bond acceptors (Lipinski definition) is 8. The van der Waals surface area contributed by atoms with Crippen LogP contribution in [0.4, 0.5) is 0 Å². The molecule has 0 saturated carbocycles. The van der Waals surface area contributed by atoms with Crippen molar-refractivity contribution >= 4 is 23.9 Å². The summed E-state index contributed by atoms with van der Waals surface area (Å²) in [4.78, 5) is 48.3. The fourth-order valence-corrected chi connectivity index (χ4v) is 2.13. The molecule has 0 atom stereocenters. The summed E-state index contributed by atoms with van der Waals surface area (Å²) in [6.45, 7) is 8.97. The van der Waals surface area contributed by atoms with Gasteiger partial charge in [-0.3, -0.25) is 19.2 Å². The Balaban J connectivity index is 6.16. The normalized spacial score (nSPS) is 13.0. The lowest BCUT2D eigenvalue weighted by atomic mass is 9.77. The van der Waals surface area contributed by atoms with E-state index in [4.69, 9.17) is 26.0 Å². The molecule has 0 saturated heterocycles. The van der Waals surface area contributed by atoms with Gasteiger partial charge in [-0.25, -0.2) is 0 Å². The summed E-state index contributed by atoms with van der Waals surface area (Å²) in [6, 6.07) is 0. The predicted molar refractivity (Wildman–Crippen MR) is 94.4 cm³/mol. The Hall–Kier alpha value is -2.20. The molecule has 0 heterocycles. The molecule has 0 radical (unpaired) electrons. The summed E-state index contributed by atoms with van der Waals surface area (Å²) in [7, 11) is 0. The molecule has 0 aromatic carbocycles. The molecular formula is C17H30N2O8. The number of carbonyl (C=O) groups excluding carboxylic acids is 2. The lowest BCUT2D eigenvalue weighted by Gasteiger charge is -2.36. The van der Waals surface area contributed by atoms with Crippen molar-refractivity contribution in [1.82, 2.24) is 0 Å². The minimum absolute atomic E-state index is 0.372. The maximum absolute atomic E-state index is 12.7. The van der Waals surface area contributed by atoms with Crippen LogP contribution in [0, 0.1) is 5.41 Å².